The average molecular weight is 279 g/mol. The van der Waals surface area contributed by atoms with E-state index in [1.807, 2.05) is 6.92 Å². The molecule has 19 heavy (non-hydrogen) atoms. The number of anilines is 1. The Balaban J connectivity index is 2.28. The monoisotopic (exact) mass is 279 g/mol. The van der Waals surface area contributed by atoms with Crippen LogP contribution >= 0.6 is 11.8 Å². The van der Waals surface area contributed by atoms with Gasteiger partial charge < -0.3 is 10.1 Å². The van der Waals surface area contributed by atoms with Crippen LogP contribution in [0.15, 0.2) is 40.5 Å². The first kappa shape index (κ1) is 13.6. The van der Waals surface area contributed by atoms with Crippen LogP contribution in [-0.2, 0) is 0 Å². The zero-order valence-corrected chi connectivity index (χ0v) is 11.5. The molecular formula is C13H14FN3OS. The van der Waals surface area contributed by atoms with Crippen molar-refractivity contribution in [2.24, 2.45) is 0 Å². The minimum Gasteiger partial charge on any atom is -0.490 e. The zero-order valence-electron chi connectivity index (χ0n) is 10.7. The predicted molar refractivity (Wildman–Crippen MR) is 73.3 cm³/mol. The molecule has 2 rings (SSSR count). The number of benzene rings is 1. The van der Waals surface area contributed by atoms with E-state index < -0.39 is 0 Å². The van der Waals surface area contributed by atoms with Crippen LogP contribution in [0.3, 0.4) is 0 Å². The molecule has 100 valence electrons. The van der Waals surface area contributed by atoms with Crippen LogP contribution in [0.1, 0.15) is 6.92 Å². The SMILES string of the molecule is CCNc1ncnc(Sc2ccc(F)cc2)c1OC. The molecule has 0 bridgehead atoms. The Labute approximate surface area is 115 Å². The van der Waals surface area contributed by atoms with Gasteiger partial charge in [0.25, 0.3) is 0 Å². The minimum absolute atomic E-state index is 0.257. The second-order valence-electron chi connectivity index (χ2n) is 3.65. The molecule has 0 unspecified atom stereocenters. The van der Waals surface area contributed by atoms with Crippen molar-refractivity contribution in [3.63, 3.8) is 0 Å². The van der Waals surface area contributed by atoms with E-state index in [-0.39, 0.29) is 5.82 Å². The number of nitrogens with one attached hydrogen (secondary N) is 1. The van der Waals surface area contributed by atoms with Gasteiger partial charge in [0.1, 0.15) is 17.2 Å². The Hall–Kier alpha value is -1.82. The first-order chi connectivity index (χ1) is 9.24. The lowest BCUT2D eigenvalue weighted by molar-refractivity contribution is 0.400. The molecule has 0 atom stereocenters. The molecule has 0 aliphatic heterocycles. The third-order valence-corrected chi connectivity index (χ3v) is 3.34. The summed E-state index contributed by atoms with van der Waals surface area (Å²) in [5, 5.41) is 3.81. The van der Waals surface area contributed by atoms with Gasteiger partial charge in [0, 0.05) is 11.4 Å². The molecule has 4 nitrogen and oxygen atoms in total. The van der Waals surface area contributed by atoms with E-state index in [9.17, 15) is 4.39 Å². The largest absolute Gasteiger partial charge is 0.490 e. The van der Waals surface area contributed by atoms with Crippen molar-refractivity contribution in [2.75, 3.05) is 19.0 Å². The fraction of sp³-hybridized carbons (Fsp3) is 0.231. The molecule has 0 saturated carbocycles. The Morgan fingerprint density at radius 1 is 1.26 bits per heavy atom. The van der Waals surface area contributed by atoms with Crippen molar-refractivity contribution in [3.8, 4) is 5.75 Å². The van der Waals surface area contributed by atoms with Gasteiger partial charge in [-0.2, -0.15) is 0 Å². The lowest BCUT2D eigenvalue weighted by atomic mass is 10.4. The molecule has 0 saturated heterocycles. The smallest absolute Gasteiger partial charge is 0.194 e. The van der Waals surface area contributed by atoms with Crippen molar-refractivity contribution >= 4 is 17.6 Å². The van der Waals surface area contributed by atoms with E-state index in [0.717, 1.165) is 11.4 Å². The van der Waals surface area contributed by atoms with E-state index in [2.05, 4.69) is 15.3 Å². The maximum absolute atomic E-state index is 12.9. The summed E-state index contributed by atoms with van der Waals surface area (Å²) in [4.78, 5) is 9.23. The summed E-state index contributed by atoms with van der Waals surface area (Å²) in [6.07, 6.45) is 1.48. The van der Waals surface area contributed by atoms with E-state index in [4.69, 9.17) is 4.74 Å². The summed E-state index contributed by atoms with van der Waals surface area (Å²) >= 11 is 1.40. The normalized spacial score (nSPS) is 10.3. The van der Waals surface area contributed by atoms with E-state index >= 15 is 0 Å². The number of nitrogens with zero attached hydrogens (tertiary/aromatic N) is 2. The Bertz CT molecular complexity index is 548. The molecule has 1 N–H and O–H groups in total. The van der Waals surface area contributed by atoms with Gasteiger partial charge >= 0.3 is 0 Å². The van der Waals surface area contributed by atoms with Crippen LogP contribution in [-0.4, -0.2) is 23.6 Å². The molecule has 1 heterocycles. The molecule has 0 spiro atoms. The highest BCUT2D eigenvalue weighted by atomic mass is 32.2. The summed E-state index contributed by atoms with van der Waals surface area (Å²) in [7, 11) is 1.58. The minimum atomic E-state index is -0.257. The first-order valence-corrected chi connectivity index (χ1v) is 6.62. The molecule has 0 amide bonds. The van der Waals surface area contributed by atoms with Crippen LogP contribution in [0.5, 0.6) is 5.75 Å². The third-order valence-electron chi connectivity index (χ3n) is 2.35. The molecule has 0 aliphatic rings. The van der Waals surface area contributed by atoms with Gasteiger partial charge in [-0.3, -0.25) is 0 Å². The van der Waals surface area contributed by atoms with Gasteiger partial charge in [-0.25, -0.2) is 14.4 Å². The highest BCUT2D eigenvalue weighted by molar-refractivity contribution is 7.99. The van der Waals surface area contributed by atoms with Crippen LogP contribution in [0, 0.1) is 5.82 Å². The summed E-state index contributed by atoms with van der Waals surface area (Å²) in [6.45, 7) is 2.72. The van der Waals surface area contributed by atoms with E-state index in [0.29, 0.717) is 16.6 Å². The maximum atomic E-state index is 12.9. The molecular weight excluding hydrogens is 265 g/mol. The Morgan fingerprint density at radius 3 is 2.63 bits per heavy atom. The van der Waals surface area contributed by atoms with Crippen LogP contribution in [0.25, 0.3) is 0 Å². The maximum Gasteiger partial charge on any atom is 0.194 e. The summed E-state index contributed by atoms with van der Waals surface area (Å²) in [6, 6.07) is 6.24. The number of rotatable bonds is 5. The Morgan fingerprint density at radius 2 is 2.00 bits per heavy atom. The third kappa shape index (κ3) is 3.35. The number of ether oxygens (including phenoxy) is 1. The summed E-state index contributed by atoms with van der Waals surface area (Å²) in [5.41, 5.74) is 0. The molecule has 0 aliphatic carbocycles. The van der Waals surface area contributed by atoms with Crippen molar-refractivity contribution < 1.29 is 9.13 Å². The molecule has 0 fully saturated rings. The number of aromatic nitrogens is 2. The molecule has 1 aromatic heterocycles. The quantitative estimate of drug-likeness (QED) is 0.852. The van der Waals surface area contributed by atoms with Crippen molar-refractivity contribution in [1.82, 2.24) is 9.97 Å². The van der Waals surface area contributed by atoms with Gasteiger partial charge in [0.2, 0.25) is 0 Å². The van der Waals surface area contributed by atoms with Gasteiger partial charge in [0.15, 0.2) is 11.6 Å². The number of hydrogen-bond acceptors (Lipinski definition) is 5. The molecule has 2 aromatic rings. The summed E-state index contributed by atoms with van der Waals surface area (Å²) < 4.78 is 18.2. The standard InChI is InChI=1S/C13H14FN3OS/c1-3-15-12-11(18-2)13(17-8-16-12)19-10-6-4-9(14)5-7-10/h4-8H,3H2,1-2H3,(H,15,16,17). The second-order valence-corrected chi connectivity index (χ2v) is 4.71. The van der Waals surface area contributed by atoms with Crippen LogP contribution in [0.2, 0.25) is 0 Å². The number of hydrogen-bond donors (Lipinski definition) is 1. The lowest BCUT2D eigenvalue weighted by Crippen LogP contribution is -2.03. The fourth-order valence-corrected chi connectivity index (χ4v) is 2.39. The fourth-order valence-electron chi connectivity index (χ4n) is 1.52. The number of methoxy groups -OCH3 is 1. The van der Waals surface area contributed by atoms with Gasteiger partial charge in [-0.1, -0.05) is 11.8 Å². The second kappa shape index (κ2) is 6.38. The molecule has 6 heteroatoms. The van der Waals surface area contributed by atoms with E-state index in [1.165, 1.54) is 30.2 Å². The van der Waals surface area contributed by atoms with Crippen molar-refractivity contribution in [3.05, 3.63) is 36.4 Å². The highest BCUT2D eigenvalue weighted by Crippen LogP contribution is 2.36. The van der Waals surface area contributed by atoms with E-state index in [1.54, 1.807) is 19.2 Å². The van der Waals surface area contributed by atoms with Crippen molar-refractivity contribution in [2.45, 2.75) is 16.8 Å². The van der Waals surface area contributed by atoms with Gasteiger partial charge in [0.05, 0.1) is 7.11 Å². The predicted octanol–water partition coefficient (Wildman–Crippen LogP) is 3.21. The number of halogens is 1. The van der Waals surface area contributed by atoms with Crippen LogP contribution in [0.4, 0.5) is 10.2 Å². The zero-order chi connectivity index (χ0) is 13.7. The summed E-state index contributed by atoms with van der Waals surface area (Å²) in [5.74, 6) is 0.996. The lowest BCUT2D eigenvalue weighted by Gasteiger charge is -2.11. The van der Waals surface area contributed by atoms with Gasteiger partial charge in [-0.05, 0) is 31.2 Å². The first-order valence-electron chi connectivity index (χ1n) is 5.81. The van der Waals surface area contributed by atoms with Gasteiger partial charge in [-0.15, -0.1) is 0 Å². The average Bonchev–Trinajstić information content (AvgIpc) is 2.42. The highest BCUT2D eigenvalue weighted by Gasteiger charge is 2.12. The van der Waals surface area contributed by atoms with Crippen LogP contribution < -0.4 is 10.1 Å². The Kier molecular flexibility index (Phi) is 4.57. The molecule has 1 aromatic carbocycles. The van der Waals surface area contributed by atoms with Crippen molar-refractivity contribution in [1.29, 1.82) is 0 Å². The topological polar surface area (TPSA) is 47.0 Å². The molecule has 0 radical (unpaired) electrons.